The minimum atomic E-state index is -0.843. The highest BCUT2D eigenvalue weighted by molar-refractivity contribution is 5.76. The van der Waals surface area contributed by atoms with Gasteiger partial charge in [-0.25, -0.2) is 0 Å². The van der Waals surface area contributed by atoms with Gasteiger partial charge in [0.15, 0.2) is 0 Å². The Labute approximate surface area is 576 Å². The first-order valence-electron chi connectivity index (χ1n) is 42.3. The lowest BCUT2D eigenvalue weighted by atomic mass is 10.0. The SMILES string of the molecule is CCCCC/C=C\CCCCCCCC(=O)OCCCCCCCCCCCCCCCCCCCC/C=C\CCCCCCCCCCCCCCCCCCCC(=O)NC(CO)C(O)/C=C/CCCCCCCCCCCCCCCCCCCCCCCC. The van der Waals surface area contributed by atoms with Crippen LogP contribution in [0, 0.1) is 0 Å². The number of amides is 1. The van der Waals surface area contributed by atoms with Gasteiger partial charge < -0.3 is 20.3 Å². The van der Waals surface area contributed by atoms with Gasteiger partial charge in [-0.05, 0) is 83.5 Å². The van der Waals surface area contributed by atoms with Crippen LogP contribution < -0.4 is 5.32 Å². The monoisotopic (exact) mass is 1290 g/mol. The molecule has 0 rings (SSSR count). The van der Waals surface area contributed by atoms with E-state index in [-0.39, 0.29) is 18.5 Å². The van der Waals surface area contributed by atoms with Gasteiger partial charge in [-0.3, -0.25) is 9.59 Å². The van der Waals surface area contributed by atoms with Gasteiger partial charge in [0, 0.05) is 12.8 Å². The van der Waals surface area contributed by atoms with E-state index in [1.165, 1.54) is 405 Å². The van der Waals surface area contributed by atoms with E-state index >= 15 is 0 Å². The van der Waals surface area contributed by atoms with E-state index in [0.717, 1.165) is 44.9 Å². The van der Waals surface area contributed by atoms with Crippen molar-refractivity contribution in [2.45, 2.75) is 488 Å². The third kappa shape index (κ3) is 77.1. The molecule has 1 amide bonds. The average Bonchev–Trinajstić information content (AvgIpc) is 3.71. The summed E-state index contributed by atoms with van der Waals surface area (Å²) in [6.45, 7) is 4.93. The number of nitrogens with one attached hydrogen (secondary N) is 1. The van der Waals surface area contributed by atoms with Gasteiger partial charge >= 0.3 is 5.97 Å². The third-order valence-electron chi connectivity index (χ3n) is 19.9. The molecule has 0 aliphatic rings. The van der Waals surface area contributed by atoms with Crippen molar-refractivity contribution in [3.8, 4) is 0 Å². The lowest BCUT2D eigenvalue weighted by Crippen LogP contribution is -2.45. The number of esters is 1. The number of allylic oxidation sites excluding steroid dienone is 5. The van der Waals surface area contributed by atoms with Gasteiger partial charge in [0.1, 0.15) is 0 Å². The van der Waals surface area contributed by atoms with Crippen LogP contribution in [-0.4, -0.2) is 47.4 Å². The second-order valence-corrected chi connectivity index (χ2v) is 29.2. The maximum Gasteiger partial charge on any atom is 0.305 e. The van der Waals surface area contributed by atoms with Crippen LogP contribution in [0.15, 0.2) is 36.5 Å². The van der Waals surface area contributed by atoms with Crippen molar-refractivity contribution in [3.05, 3.63) is 36.5 Å². The zero-order valence-electron chi connectivity index (χ0n) is 62.6. The van der Waals surface area contributed by atoms with Crippen molar-refractivity contribution < 1.29 is 24.5 Å². The van der Waals surface area contributed by atoms with Crippen molar-refractivity contribution in [1.82, 2.24) is 5.32 Å². The molecule has 0 aliphatic carbocycles. The van der Waals surface area contributed by atoms with Crippen molar-refractivity contribution in [2.75, 3.05) is 13.2 Å². The first-order valence-corrected chi connectivity index (χ1v) is 42.3. The fourth-order valence-corrected chi connectivity index (χ4v) is 13.5. The van der Waals surface area contributed by atoms with Crippen molar-refractivity contribution in [2.24, 2.45) is 0 Å². The summed E-state index contributed by atoms with van der Waals surface area (Å²) < 4.78 is 5.48. The molecule has 0 saturated heterocycles. The zero-order chi connectivity index (χ0) is 66.3. The van der Waals surface area contributed by atoms with Gasteiger partial charge in [-0.2, -0.15) is 0 Å². The zero-order valence-corrected chi connectivity index (χ0v) is 62.6. The van der Waals surface area contributed by atoms with Crippen LogP contribution in [0.25, 0.3) is 0 Å². The summed E-state index contributed by atoms with van der Waals surface area (Å²) >= 11 is 0. The Morgan fingerprint density at radius 1 is 0.293 bits per heavy atom. The highest BCUT2D eigenvalue weighted by Gasteiger charge is 2.18. The Morgan fingerprint density at radius 3 is 0.793 bits per heavy atom. The van der Waals surface area contributed by atoms with E-state index < -0.39 is 12.1 Å². The average molecular weight is 1290 g/mol. The summed E-state index contributed by atoms with van der Waals surface area (Å²) in [5, 5.41) is 23.3. The van der Waals surface area contributed by atoms with Gasteiger partial charge in [0.25, 0.3) is 0 Å². The minimum Gasteiger partial charge on any atom is -0.466 e. The molecular weight excluding hydrogens is 1130 g/mol. The molecule has 0 aliphatic heterocycles. The third-order valence-corrected chi connectivity index (χ3v) is 19.9. The molecule has 92 heavy (non-hydrogen) atoms. The number of ether oxygens (including phenoxy) is 1. The molecule has 6 nitrogen and oxygen atoms in total. The number of carbonyl (C=O) groups is 2. The van der Waals surface area contributed by atoms with Crippen LogP contribution in [-0.2, 0) is 14.3 Å². The van der Waals surface area contributed by atoms with Crippen LogP contribution in [0.2, 0.25) is 0 Å². The summed E-state index contributed by atoms with van der Waals surface area (Å²) in [5.41, 5.74) is 0. The van der Waals surface area contributed by atoms with Gasteiger partial charge in [-0.15, -0.1) is 0 Å². The molecule has 0 bridgehead atoms. The van der Waals surface area contributed by atoms with Gasteiger partial charge in [0.2, 0.25) is 5.91 Å². The molecule has 544 valence electrons. The molecule has 6 heteroatoms. The number of unbranched alkanes of at least 4 members (excludes halogenated alkanes) is 65. The second kappa shape index (κ2) is 81.5. The van der Waals surface area contributed by atoms with E-state index in [4.69, 9.17) is 4.74 Å². The van der Waals surface area contributed by atoms with Crippen LogP contribution in [0.4, 0.5) is 0 Å². The summed E-state index contributed by atoms with van der Waals surface area (Å²) in [4.78, 5) is 24.6. The van der Waals surface area contributed by atoms with E-state index in [1.807, 2.05) is 6.08 Å². The lowest BCUT2D eigenvalue weighted by molar-refractivity contribution is -0.143. The molecule has 0 saturated carbocycles. The minimum absolute atomic E-state index is 0.0128. The maximum absolute atomic E-state index is 12.6. The topological polar surface area (TPSA) is 95.9 Å². The Morgan fingerprint density at radius 2 is 0.511 bits per heavy atom. The Hall–Kier alpha value is -1.92. The van der Waals surface area contributed by atoms with Crippen LogP contribution >= 0.6 is 0 Å². The number of aliphatic hydroxyl groups is 2. The summed E-state index contributed by atoms with van der Waals surface area (Å²) in [7, 11) is 0. The first kappa shape index (κ1) is 90.1. The maximum atomic E-state index is 12.6. The van der Waals surface area contributed by atoms with Gasteiger partial charge in [0.05, 0.1) is 25.4 Å². The van der Waals surface area contributed by atoms with E-state index in [0.29, 0.717) is 19.4 Å². The van der Waals surface area contributed by atoms with Crippen molar-refractivity contribution >= 4 is 11.9 Å². The molecular formula is C86H165NO5. The number of hydrogen-bond donors (Lipinski definition) is 3. The molecule has 0 radical (unpaired) electrons. The fraction of sp³-hybridized carbons (Fsp3) is 0.907. The molecule has 0 heterocycles. The highest BCUT2D eigenvalue weighted by atomic mass is 16.5. The summed E-state index contributed by atoms with van der Waals surface area (Å²) in [6.07, 6.45) is 107. The Kier molecular flexibility index (Phi) is 79.8. The van der Waals surface area contributed by atoms with Gasteiger partial charge in [-0.1, -0.05) is 416 Å². The van der Waals surface area contributed by atoms with Crippen LogP contribution in [0.5, 0.6) is 0 Å². The Bertz CT molecular complexity index is 1490. The standard InChI is InChI=1S/C86H165NO5/c1-3-5-7-9-11-13-15-17-18-19-20-21-22-40-43-46-49-52-55-58-62-66-70-74-78-84(89)83(82-88)87-85(90)79-75-71-67-63-59-56-53-50-47-44-41-38-36-34-32-30-28-26-24-23-25-27-29-31-33-35-37-39-42-45-48-51-54-57-61-65-69-73-77-81-92-86(91)80-76-72-68-64-60-16-14-12-10-8-6-4-2/h12,14,23-24,74,78,83-84,88-89H,3-11,13,15-22,25-73,75-77,79-82H2,1-2H3,(H,87,90)/b14-12-,24-23-,78-74+. The second-order valence-electron chi connectivity index (χ2n) is 29.2. The van der Waals surface area contributed by atoms with E-state index in [9.17, 15) is 19.8 Å². The van der Waals surface area contributed by atoms with Crippen LogP contribution in [0.1, 0.15) is 476 Å². The molecule has 0 aromatic rings. The number of aliphatic hydroxyl groups excluding tert-OH is 2. The van der Waals surface area contributed by atoms with E-state index in [1.54, 1.807) is 6.08 Å². The normalized spacial score (nSPS) is 12.6. The molecule has 2 atom stereocenters. The van der Waals surface area contributed by atoms with Crippen LogP contribution in [0.3, 0.4) is 0 Å². The number of rotatable bonds is 80. The number of hydrogen-bond acceptors (Lipinski definition) is 5. The molecule has 3 N–H and O–H groups in total. The molecule has 2 unspecified atom stereocenters. The number of carbonyl (C=O) groups excluding carboxylic acids is 2. The molecule has 0 fully saturated rings. The highest BCUT2D eigenvalue weighted by Crippen LogP contribution is 2.20. The summed E-state index contributed by atoms with van der Waals surface area (Å²) in [6, 6.07) is -0.626. The van der Waals surface area contributed by atoms with Crippen molar-refractivity contribution in [3.63, 3.8) is 0 Å². The smallest absolute Gasteiger partial charge is 0.305 e. The lowest BCUT2D eigenvalue weighted by Gasteiger charge is -2.20. The predicted octanol–water partition coefficient (Wildman–Crippen LogP) is 28.2. The van der Waals surface area contributed by atoms with Crippen molar-refractivity contribution in [1.29, 1.82) is 0 Å². The largest absolute Gasteiger partial charge is 0.466 e. The molecule has 0 spiro atoms. The quantitative estimate of drug-likeness (QED) is 0.0320. The predicted molar refractivity (Wildman–Crippen MR) is 407 cm³/mol. The Balaban J connectivity index is 3.35. The first-order chi connectivity index (χ1) is 45.5. The fourth-order valence-electron chi connectivity index (χ4n) is 13.5. The summed E-state index contributed by atoms with van der Waals surface area (Å²) in [5.74, 6) is -0.0454. The molecule has 0 aromatic carbocycles. The molecule has 0 aromatic heterocycles. The van der Waals surface area contributed by atoms with E-state index in [2.05, 4.69) is 43.5 Å².